The summed E-state index contributed by atoms with van der Waals surface area (Å²) in [5.41, 5.74) is 9.78. The minimum Gasteiger partial charge on any atom is -0.496 e. The van der Waals surface area contributed by atoms with E-state index in [0.29, 0.717) is 0 Å². The Morgan fingerprint density at radius 3 is 2.93 bits per heavy atom. The average molecular weight is 205 g/mol. The molecule has 1 aromatic rings. The van der Waals surface area contributed by atoms with Gasteiger partial charge < -0.3 is 10.5 Å². The summed E-state index contributed by atoms with van der Waals surface area (Å²) in [5.74, 6) is 1.12. The third-order valence-electron chi connectivity index (χ3n) is 3.17. The first-order chi connectivity index (χ1) is 7.36. The smallest absolute Gasteiger partial charge is 0.125 e. The van der Waals surface area contributed by atoms with Crippen LogP contribution in [0, 0.1) is 0 Å². The Bertz CT molecular complexity index is 347. The van der Waals surface area contributed by atoms with Crippen molar-refractivity contribution in [2.45, 2.75) is 32.1 Å². The first-order valence-electron chi connectivity index (χ1n) is 5.74. The van der Waals surface area contributed by atoms with Crippen molar-refractivity contribution in [1.29, 1.82) is 0 Å². The molecule has 0 unspecified atom stereocenters. The summed E-state index contributed by atoms with van der Waals surface area (Å²) >= 11 is 0. The summed E-state index contributed by atoms with van der Waals surface area (Å²) in [6.45, 7) is 0.750. The van der Waals surface area contributed by atoms with E-state index in [1.807, 2.05) is 0 Å². The number of nitrogens with two attached hydrogens (primary N) is 1. The highest BCUT2D eigenvalue weighted by Gasteiger charge is 2.17. The van der Waals surface area contributed by atoms with Crippen molar-refractivity contribution in [2.24, 2.45) is 5.73 Å². The zero-order chi connectivity index (χ0) is 10.7. The van der Waals surface area contributed by atoms with E-state index >= 15 is 0 Å². The molecule has 0 saturated heterocycles. The number of hydrogen-bond donors (Lipinski definition) is 1. The third kappa shape index (κ3) is 2.00. The zero-order valence-corrected chi connectivity index (χ0v) is 9.38. The Hall–Kier alpha value is -1.02. The number of rotatable bonds is 4. The second-order valence-corrected chi connectivity index (χ2v) is 4.14. The molecular weight excluding hydrogens is 186 g/mol. The van der Waals surface area contributed by atoms with Gasteiger partial charge in [-0.25, -0.2) is 0 Å². The molecule has 0 aliphatic heterocycles. The van der Waals surface area contributed by atoms with E-state index < -0.39 is 0 Å². The van der Waals surface area contributed by atoms with Crippen molar-refractivity contribution in [3.05, 3.63) is 28.8 Å². The van der Waals surface area contributed by atoms with E-state index in [9.17, 15) is 0 Å². The lowest BCUT2D eigenvalue weighted by atomic mass is 10.0. The van der Waals surface area contributed by atoms with Gasteiger partial charge >= 0.3 is 0 Å². The molecule has 0 saturated carbocycles. The molecule has 0 atom stereocenters. The van der Waals surface area contributed by atoms with Crippen LogP contribution in [0.1, 0.15) is 29.5 Å². The number of aryl methyl sites for hydroxylation is 2. The SMILES string of the molecule is COc1c(CCCN)ccc2c1CCC2. The van der Waals surface area contributed by atoms with Crippen LogP contribution in [0.4, 0.5) is 0 Å². The van der Waals surface area contributed by atoms with E-state index in [2.05, 4.69) is 12.1 Å². The Labute approximate surface area is 91.4 Å². The van der Waals surface area contributed by atoms with Crippen LogP contribution < -0.4 is 10.5 Å². The first kappa shape index (κ1) is 10.5. The van der Waals surface area contributed by atoms with Gasteiger partial charge in [0.25, 0.3) is 0 Å². The van der Waals surface area contributed by atoms with Gasteiger partial charge in [0.05, 0.1) is 7.11 Å². The van der Waals surface area contributed by atoms with Crippen molar-refractivity contribution < 1.29 is 4.74 Å². The van der Waals surface area contributed by atoms with E-state index in [1.165, 1.54) is 36.0 Å². The molecule has 0 aromatic heterocycles. The van der Waals surface area contributed by atoms with Gasteiger partial charge in [0.15, 0.2) is 0 Å². The fraction of sp³-hybridized carbons (Fsp3) is 0.538. The predicted molar refractivity (Wildman–Crippen MR) is 62.4 cm³/mol. The van der Waals surface area contributed by atoms with Gasteiger partial charge in [-0.15, -0.1) is 0 Å². The topological polar surface area (TPSA) is 35.2 Å². The molecule has 1 aromatic carbocycles. The molecule has 1 aliphatic rings. The standard InChI is InChI=1S/C13H19NO/c1-15-13-11(5-3-9-14)8-7-10-4-2-6-12(10)13/h7-8H,2-6,9,14H2,1H3. The summed E-state index contributed by atoms with van der Waals surface area (Å²) in [7, 11) is 1.78. The zero-order valence-electron chi connectivity index (χ0n) is 9.38. The van der Waals surface area contributed by atoms with Crippen LogP contribution in [0.25, 0.3) is 0 Å². The summed E-state index contributed by atoms with van der Waals surface area (Å²) in [4.78, 5) is 0. The Morgan fingerprint density at radius 1 is 1.33 bits per heavy atom. The third-order valence-corrected chi connectivity index (χ3v) is 3.17. The van der Waals surface area contributed by atoms with Crippen LogP contribution in [-0.4, -0.2) is 13.7 Å². The lowest BCUT2D eigenvalue weighted by Gasteiger charge is -2.12. The van der Waals surface area contributed by atoms with E-state index in [-0.39, 0.29) is 0 Å². The lowest BCUT2D eigenvalue weighted by molar-refractivity contribution is 0.404. The number of benzene rings is 1. The van der Waals surface area contributed by atoms with Crippen LogP contribution in [0.5, 0.6) is 5.75 Å². The predicted octanol–water partition coefficient (Wildman–Crippen LogP) is 2.08. The Morgan fingerprint density at radius 2 is 2.20 bits per heavy atom. The van der Waals surface area contributed by atoms with Crippen LogP contribution in [0.2, 0.25) is 0 Å². The maximum absolute atomic E-state index is 5.54. The fourth-order valence-corrected chi connectivity index (χ4v) is 2.42. The van der Waals surface area contributed by atoms with Crippen molar-refractivity contribution in [2.75, 3.05) is 13.7 Å². The van der Waals surface area contributed by atoms with Gasteiger partial charge in [0.1, 0.15) is 5.75 Å². The second-order valence-electron chi connectivity index (χ2n) is 4.14. The van der Waals surface area contributed by atoms with Crippen LogP contribution in [0.15, 0.2) is 12.1 Å². The molecule has 2 N–H and O–H groups in total. The molecule has 0 heterocycles. The molecular formula is C13H19NO. The number of ether oxygens (including phenoxy) is 1. The molecule has 0 amide bonds. The van der Waals surface area contributed by atoms with Crippen LogP contribution in [0.3, 0.4) is 0 Å². The second kappa shape index (κ2) is 4.67. The van der Waals surface area contributed by atoms with Crippen LogP contribution >= 0.6 is 0 Å². The maximum atomic E-state index is 5.54. The molecule has 0 fully saturated rings. The fourth-order valence-electron chi connectivity index (χ4n) is 2.42. The highest BCUT2D eigenvalue weighted by atomic mass is 16.5. The van der Waals surface area contributed by atoms with Gasteiger partial charge in [-0.1, -0.05) is 12.1 Å². The maximum Gasteiger partial charge on any atom is 0.125 e. The Kier molecular flexibility index (Phi) is 3.27. The number of methoxy groups -OCH3 is 1. The molecule has 1 aliphatic carbocycles. The normalized spacial score (nSPS) is 14.0. The average Bonchev–Trinajstić information content (AvgIpc) is 2.73. The van der Waals surface area contributed by atoms with Gasteiger partial charge in [-0.05, 0) is 55.3 Å². The Balaban J connectivity index is 2.30. The van der Waals surface area contributed by atoms with Gasteiger partial charge in [-0.2, -0.15) is 0 Å². The minimum absolute atomic E-state index is 0.750. The lowest BCUT2D eigenvalue weighted by Crippen LogP contribution is -2.03. The van der Waals surface area contributed by atoms with Crippen molar-refractivity contribution >= 4 is 0 Å². The molecule has 0 radical (unpaired) electrons. The first-order valence-corrected chi connectivity index (χ1v) is 5.74. The summed E-state index contributed by atoms with van der Waals surface area (Å²) in [6.07, 6.45) is 5.73. The molecule has 15 heavy (non-hydrogen) atoms. The van der Waals surface area contributed by atoms with Crippen molar-refractivity contribution in [3.8, 4) is 5.75 Å². The molecule has 2 heteroatoms. The summed E-state index contributed by atoms with van der Waals surface area (Å²) < 4.78 is 5.54. The molecule has 2 rings (SSSR count). The van der Waals surface area contributed by atoms with Gasteiger partial charge in [-0.3, -0.25) is 0 Å². The van der Waals surface area contributed by atoms with E-state index in [0.717, 1.165) is 25.1 Å². The quantitative estimate of drug-likeness (QED) is 0.816. The monoisotopic (exact) mass is 205 g/mol. The molecule has 0 bridgehead atoms. The highest BCUT2D eigenvalue weighted by Crippen LogP contribution is 2.34. The number of fused-ring (bicyclic) bond motifs is 1. The van der Waals surface area contributed by atoms with Crippen molar-refractivity contribution in [3.63, 3.8) is 0 Å². The van der Waals surface area contributed by atoms with Crippen LogP contribution in [-0.2, 0) is 19.3 Å². The van der Waals surface area contributed by atoms with Crippen molar-refractivity contribution in [1.82, 2.24) is 0 Å². The minimum atomic E-state index is 0.750. The molecule has 0 spiro atoms. The molecule has 2 nitrogen and oxygen atoms in total. The number of hydrogen-bond acceptors (Lipinski definition) is 2. The largest absolute Gasteiger partial charge is 0.496 e. The summed E-state index contributed by atoms with van der Waals surface area (Å²) in [6, 6.07) is 4.47. The van der Waals surface area contributed by atoms with Gasteiger partial charge in [0.2, 0.25) is 0 Å². The highest BCUT2D eigenvalue weighted by molar-refractivity contribution is 5.48. The van der Waals surface area contributed by atoms with Gasteiger partial charge in [0, 0.05) is 0 Å². The van der Waals surface area contributed by atoms with E-state index in [4.69, 9.17) is 10.5 Å². The molecule has 82 valence electrons. The van der Waals surface area contributed by atoms with E-state index in [1.54, 1.807) is 7.11 Å². The summed E-state index contributed by atoms with van der Waals surface area (Å²) in [5, 5.41) is 0.